The summed E-state index contributed by atoms with van der Waals surface area (Å²) in [4.78, 5) is 4.55. The Bertz CT molecular complexity index is 1090. The summed E-state index contributed by atoms with van der Waals surface area (Å²) >= 11 is 1.61. The summed E-state index contributed by atoms with van der Waals surface area (Å²) in [6, 6.07) is 9.77. The smallest absolute Gasteiger partial charge is 0.161 e. The average Bonchev–Trinajstić information content (AvgIpc) is 3.46. The maximum atomic E-state index is 6.69. The predicted octanol–water partition coefficient (Wildman–Crippen LogP) is 4.59. The molecule has 1 aliphatic heterocycles. The molecule has 154 valence electrons. The second-order valence-corrected chi connectivity index (χ2v) is 8.78. The zero-order valence-corrected chi connectivity index (χ0v) is 17.6. The first-order valence-corrected chi connectivity index (χ1v) is 11.0. The van der Waals surface area contributed by atoms with Crippen LogP contribution >= 0.6 is 11.3 Å². The van der Waals surface area contributed by atoms with Crippen molar-refractivity contribution in [3.05, 3.63) is 58.3 Å². The Balaban J connectivity index is 1.38. The fourth-order valence-electron chi connectivity index (χ4n) is 3.98. The first-order chi connectivity index (χ1) is 14.6. The number of benzene rings is 1. The molecule has 0 saturated heterocycles. The van der Waals surface area contributed by atoms with Crippen LogP contribution in [0.2, 0.25) is 0 Å². The number of nitrogens with two attached hydrogens (primary N) is 1. The Labute approximate surface area is 179 Å². The van der Waals surface area contributed by atoms with E-state index in [1.165, 1.54) is 25.7 Å². The number of pyridine rings is 1. The van der Waals surface area contributed by atoms with Crippen molar-refractivity contribution in [1.29, 1.82) is 0 Å². The van der Waals surface area contributed by atoms with Crippen LogP contribution in [0.5, 0.6) is 5.75 Å². The van der Waals surface area contributed by atoms with Crippen molar-refractivity contribution in [3.8, 4) is 5.75 Å². The van der Waals surface area contributed by atoms with Gasteiger partial charge in [-0.25, -0.2) is 0 Å². The number of hydrogen-bond donors (Lipinski definition) is 3. The van der Waals surface area contributed by atoms with Gasteiger partial charge < -0.3 is 15.4 Å². The summed E-state index contributed by atoms with van der Waals surface area (Å²) in [6.45, 7) is 0. The fraction of sp³-hybridized carbons (Fsp3) is 0.318. The standard InChI is InChI=1S/C22H24N6OS/c1-29-17-8-4-7-15(11-17)25-16-12-19-18(24-13-16)9-10-22(23,26-19)21-28-27-20(30-21)14-5-2-3-6-14/h4,7-14,25-26H,2-3,5-6,23H2,1H3. The molecule has 3 heterocycles. The van der Waals surface area contributed by atoms with Crippen LogP contribution < -0.4 is 21.1 Å². The van der Waals surface area contributed by atoms with E-state index in [-0.39, 0.29) is 0 Å². The molecule has 1 atom stereocenters. The molecule has 0 amide bonds. The van der Waals surface area contributed by atoms with E-state index in [0.29, 0.717) is 5.92 Å². The summed E-state index contributed by atoms with van der Waals surface area (Å²) in [5.74, 6) is 1.32. The maximum absolute atomic E-state index is 6.69. The highest BCUT2D eigenvalue weighted by Gasteiger charge is 2.33. The van der Waals surface area contributed by atoms with Gasteiger partial charge >= 0.3 is 0 Å². The Kier molecular flexibility index (Phi) is 4.88. The molecule has 1 fully saturated rings. The number of methoxy groups -OCH3 is 1. The molecular formula is C22H24N6OS. The van der Waals surface area contributed by atoms with Crippen LogP contribution in [0.4, 0.5) is 17.1 Å². The second kappa shape index (κ2) is 7.70. The minimum atomic E-state index is -0.891. The number of aromatic nitrogens is 3. The van der Waals surface area contributed by atoms with Gasteiger partial charge in [0.2, 0.25) is 0 Å². The second-order valence-electron chi connectivity index (χ2n) is 7.77. The number of nitrogens with one attached hydrogen (secondary N) is 2. The molecule has 2 aromatic heterocycles. The predicted molar refractivity (Wildman–Crippen MR) is 120 cm³/mol. The Hall–Kier alpha value is -2.97. The lowest BCUT2D eigenvalue weighted by Gasteiger charge is -2.30. The lowest BCUT2D eigenvalue weighted by Crippen LogP contribution is -2.44. The first-order valence-electron chi connectivity index (χ1n) is 10.1. The SMILES string of the molecule is COc1cccc(Nc2cnc3c(c2)NC(N)(c2nnc(C4CCCC4)s2)C=C3)c1. The lowest BCUT2D eigenvalue weighted by atomic mass is 10.1. The number of rotatable bonds is 5. The van der Waals surface area contributed by atoms with Gasteiger partial charge in [0.15, 0.2) is 10.7 Å². The molecule has 8 heteroatoms. The summed E-state index contributed by atoms with van der Waals surface area (Å²) < 4.78 is 5.29. The topological polar surface area (TPSA) is 98.0 Å². The van der Waals surface area contributed by atoms with E-state index in [4.69, 9.17) is 10.5 Å². The molecule has 0 bridgehead atoms. The zero-order valence-electron chi connectivity index (χ0n) is 16.8. The van der Waals surface area contributed by atoms with Gasteiger partial charge in [0.1, 0.15) is 10.8 Å². The van der Waals surface area contributed by atoms with E-state index >= 15 is 0 Å². The summed E-state index contributed by atoms with van der Waals surface area (Å²) in [7, 11) is 1.66. The number of hydrogen-bond acceptors (Lipinski definition) is 8. The number of nitrogens with zero attached hydrogens (tertiary/aromatic N) is 3. The summed E-state index contributed by atoms with van der Waals surface area (Å²) in [6.07, 6.45) is 10.6. The van der Waals surface area contributed by atoms with E-state index in [1.807, 2.05) is 42.5 Å². The van der Waals surface area contributed by atoms with Gasteiger partial charge in [-0.3, -0.25) is 10.7 Å². The van der Waals surface area contributed by atoms with Gasteiger partial charge in [-0.15, -0.1) is 10.2 Å². The molecule has 0 spiro atoms. The van der Waals surface area contributed by atoms with Crippen molar-refractivity contribution < 1.29 is 4.74 Å². The van der Waals surface area contributed by atoms with Gasteiger partial charge in [-0.05, 0) is 43.2 Å². The third-order valence-corrected chi connectivity index (χ3v) is 6.86. The van der Waals surface area contributed by atoms with E-state index < -0.39 is 5.66 Å². The van der Waals surface area contributed by atoms with E-state index in [1.54, 1.807) is 24.6 Å². The number of anilines is 3. The maximum Gasteiger partial charge on any atom is 0.161 e. The van der Waals surface area contributed by atoms with E-state index in [9.17, 15) is 0 Å². The van der Waals surface area contributed by atoms with E-state index in [0.717, 1.165) is 38.5 Å². The quantitative estimate of drug-likeness (QED) is 0.555. The number of fused-ring (bicyclic) bond motifs is 1. The molecule has 2 aliphatic rings. The minimum Gasteiger partial charge on any atom is -0.497 e. The van der Waals surface area contributed by atoms with Crippen LogP contribution in [-0.2, 0) is 5.66 Å². The molecule has 0 radical (unpaired) electrons. The summed E-state index contributed by atoms with van der Waals surface area (Å²) in [5.41, 5.74) is 9.28. The van der Waals surface area contributed by atoms with Crippen molar-refractivity contribution in [2.24, 2.45) is 5.73 Å². The Morgan fingerprint density at radius 2 is 2.07 bits per heavy atom. The molecule has 7 nitrogen and oxygen atoms in total. The highest BCUT2D eigenvalue weighted by atomic mass is 32.1. The average molecular weight is 421 g/mol. The van der Waals surface area contributed by atoms with E-state index in [2.05, 4.69) is 25.8 Å². The van der Waals surface area contributed by atoms with Gasteiger partial charge in [0.25, 0.3) is 0 Å². The summed E-state index contributed by atoms with van der Waals surface area (Å²) in [5, 5.41) is 17.5. The van der Waals surface area contributed by atoms with Crippen LogP contribution in [0.15, 0.2) is 42.6 Å². The van der Waals surface area contributed by atoms with Crippen LogP contribution in [0.3, 0.4) is 0 Å². The van der Waals surface area contributed by atoms with Gasteiger partial charge in [0, 0.05) is 17.7 Å². The molecule has 1 aliphatic carbocycles. The van der Waals surface area contributed by atoms with Crippen molar-refractivity contribution in [3.63, 3.8) is 0 Å². The van der Waals surface area contributed by atoms with Crippen LogP contribution in [0.25, 0.3) is 6.08 Å². The molecule has 3 aromatic rings. The Morgan fingerprint density at radius 1 is 1.20 bits per heavy atom. The van der Waals surface area contributed by atoms with Crippen molar-refractivity contribution >= 4 is 34.5 Å². The fourth-order valence-corrected chi connectivity index (χ4v) is 5.03. The van der Waals surface area contributed by atoms with Crippen LogP contribution in [0, 0.1) is 0 Å². The molecule has 5 rings (SSSR count). The molecule has 4 N–H and O–H groups in total. The van der Waals surface area contributed by atoms with Crippen molar-refractivity contribution in [2.45, 2.75) is 37.3 Å². The normalized spacial score (nSPS) is 20.6. The monoisotopic (exact) mass is 420 g/mol. The molecular weight excluding hydrogens is 396 g/mol. The highest BCUT2D eigenvalue weighted by molar-refractivity contribution is 7.11. The molecule has 1 saturated carbocycles. The first kappa shape index (κ1) is 19.0. The van der Waals surface area contributed by atoms with Crippen LogP contribution in [0.1, 0.15) is 47.3 Å². The lowest BCUT2D eigenvalue weighted by molar-refractivity contribution is 0.415. The van der Waals surface area contributed by atoms with Crippen molar-refractivity contribution in [1.82, 2.24) is 15.2 Å². The van der Waals surface area contributed by atoms with Crippen molar-refractivity contribution in [2.75, 3.05) is 17.7 Å². The van der Waals surface area contributed by atoms with Gasteiger partial charge in [0.05, 0.1) is 30.4 Å². The van der Waals surface area contributed by atoms with Gasteiger partial charge in [-0.2, -0.15) is 0 Å². The van der Waals surface area contributed by atoms with Gasteiger partial charge in [-0.1, -0.05) is 30.2 Å². The molecule has 1 unspecified atom stereocenters. The highest BCUT2D eigenvalue weighted by Crippen LogP contribution is 2.39. The number of ether oxygens (including phenoxy) is 1. The van der Waals surface area contributed by atoms with Crippen LogP contribution in [-0.4, -0.2) is 22.3 Å². The third-order valence-electron chi connectivity index (χ3n) is 5.62. The Morgan fingerprint density at radius 3 is 2.90 bits per heavy atom. The minimum absolute atomic E-state index is 0.528. The molecule has 30 heavy (non-hydrogen) atoms. The molecule has 1 aromatic carbocycles. The largest absolute Gasteiger partial charge is 0.497 e. The third kappa shape index (κ3) is 3.64. The zero-order chi connectivity index (χ0) is 20.6.